The van der Waals surface area contributed by atoms with Crippen LogP contribution in [0.15, 0.2) is 12.3 Å². The zero-order chi connectivity index (χ0) is 11.2. The van der Waals surface area contributed by atoms with E-state index in [0.29, 0.717) is 16.4 Å². The molecule has 4 heteroatoms. The number of halogens is 1. The van der Waals surface area contributed by atoms with E-state index in [0.717, 1.165) is 6.42 Å². The van der Waals surface area contributed by atoms with Gasteiger partial charge in [-0.05, 0) is 23.8 Å². The molecule has 0 saturated heterocycles. The molecule has 0 aliphatic heterocycles. The van der Waals surface area contributed by atoms with Gasteiger partial charge >= 0.3 is 0 Å². The second-order valence-corrected chi connectivity index (χ2v) is 5.31. The highest BCUT2D eigenvalue weighted by molar-refractivity contribution is 6.30. The Bertz CT molecular complexity index is 392. The number of rotatable bonds is 2. The molecule has 15 heavy (non-hydrogen) atoms. The normalized spacial score (nSPS) is 24.9. The average Bonchev–Trinajstić information content (AvgIpc) is 2.78. The molecule has 1 aliphatic rings. The number of hydrogen-bond acceptors (Lipinski definition) is 3. The maximum absolute atomic E-state index is 10.1. The Morgan fingerprint density at radius 1 is 1.67 bits per heavy atom. The Kier molecular flexibility index (Phi) is 2.40. The lowest BCUT2D eigenvalue weighted by Crippen LogP contribution is -2.08. The summed E-state index contributed by atoms with van der Waals surface area (Å²) in [4.78, 5) is 3.94. The van der Waals surface area contributed by atoms with Crippen molar-refractivity contribution in [3.8, 4) is 0 Å². The van der Waals surface area contributed by atoms with Gasteiger partial charge in [-0.2, -0.15) is 0 Å². The van der Waals surface area contributed by atoms with Gasteiger partial charge in [0.2, 0.25) is 0 Å². The number of aliphatic hydroxyl groups is 1. The molecule has 1 fully saturated rings. The summed E-state index contributed by atoms with van der Waals surface area (Å²) in [5, 5.41) is 10.6. The second kappa shape index (κ2) is 3.35. The van der Waals surface area contributed by atoms with Crippen molar-refractivity contribution >= 4 is 17.4 Å². The van der Waals surface area contributed by atoms with Crippen molar-refractivity contribution < 1.29 is 5.11 Å². The van der Waals surface area contributed by atoms with Gasteiger partial charge in [-0.25, -0.2) is 4.98 Å². The van der Waals surface area contributed by atoms with Crippen LogP contribution in [-0.2, 0) is 0 Å². The summed E-state index contributed by atoms with van der Waals surface area (Å²) in [6.07, 6.45) is 1.96. The summed E-state index contributed by atoms with van der Waals surface area (Å²) in [7, 11) is 0. The van der Waals surface area contributed by atoms with E-state index in [1.165, 1.54) is 6.20 Å². The fourth-order valence-electron chi connectivity index (χ4n) is 1.97. The number of aromatic nitrogens is 1. The topological polar surface area (TPSA) is 59.1 Å². The summed E-state index contributed by atoms with van der Waals surface area (Å²) >= 11 is 5.83. The van der Waals surface area contributed by atoms with Gasteiger partial charge in [0, 0.05) is 11.8 Å². The van der Waals surface area contributed by atoms with Crippen molar-refractivity contribution in [2.75, 3.05) is 5.73 Å². The quantitative estimate of drug-likeness (QED) is 0.814. The van der Waals surface area contributed by atoms with Gasteiger partial charge in [0.25, 0.3) is 0 Å². The van der Waals surface area contributed by atoms with Crippen LogP contribution in [0, 0.1) is 11.3 Å². The van der Waals surface area contributed by atoms with Crippen LogP contribution >= 0.6 is 11.6 Å². The molecule has 1 aromatic heterocycles. The van der Waals surface area contributed by atoms with E-state index in [-0.39, 0.29) is 11.3 Å². The van der Waals surface area contributed by atoms with Gasteiger partial charge in [0.05, 0.1) is 11.1 Å². The Morgan fingerprint density at radius 2 is 2.27 bits per heavy atom. The van der Waals surface area contributed by atoms with Crippen molar-refractivity contribution in [1.82, 2.24) is 4.98 Å². The molecule has 1 aromatic rings. The predicted octanol–water partition coefficient (Wildman–Crippen LogP) is 2.40. The molecule has 82 valence electrons. The van der Waals surface area contributed by atoms with Gasteiger partial charge in [-0.3, -0.25) is 0 Å². The van der Waals surface area contributed by atoms with Gasteiger partial charge < -0.3 is 10.8 Å². The number of aliphatic hydroxyl groups excluding tert-OH is 1. The molecule has 1 aliphatic carbocycles. The van der Waals surface area contributed by atoms with Crippen molar-refractivity contribution in [1.29, 1.82) is 0 Å². The summed E-state index contributed by atoms with van der Waals surface area (Å²) < 4.78 is 0. The monoisotopic (exact) mass is 226 g/mol. The average molecular weight is 227 g/mol. The second-order valence-electron chi connectivity index (χ2n) is 4.87. The molecular formula is C11H15ClN2O. The lowest BCUT2D eigenvalue weighted by atomic mass is 10.0. The third-order valence-corrected chi connectivity index (χ3v) is 3.41. The SMILES string of the molecule is CC1(C)CC1C(O)c1cc(Cl)cnc1N. The molecule has 3 N–H and O–H groups in total. The largest absolute Gasteiger partial charge is 0.388 e. The van der Waals surface area contributed by atoms with E-state index in [1.54, 1.807) is 6.07 Å². The molecule has 0 aromatic carbocycles. The van der Waals surface area contributed by atoms with Gasteiger partial charge in [-0.1, -0.05) is 25.4 Å². The molecule has 0 radical (unpaired) electrons. The first-order valence-corrected chi connectivity index (χ1v) is 5.38. The summed E-state index contributed by atoms with van der Waals surface area (Å²) in [6.45, 7) is 4.27. The fraction of sp³-hybridized carbons (Fsp3) is 0.545. The number of pyridine rings is 1. The van der Waals surface area contributed by atoms with Crippen LogP contribution in [0.1, 0.15) is 31.9 Å². The minimum atomic E-state index is -0.550. The Morgan fingerprint density at radius 3 is 2.80 bits per heavy atom. The lowest BCUT2D eigenvalue weighted by Gasteiger charge is -2.14. The van der Waals surface area contributed by atoms with Crippen LogP contribution in [-0.4, -0.2) is 10.1 Å². The van der Waals surface area contributed by atoms with Gasteiger partial charge in [0.15, 0.2) is 0 Å². The third kappa shape index (κ3) is 1.94. The molecule has 3 nitrogen and oxygen atoms in total. The van der Waals surface area contributed by atoms with E-state index in [4.69, 9.17) is 17.3 Å². The van der Waals surface area contributed by atoms with Crippen LogP contribution in [0.2, 0.25) is 5.02 Å². The van der Waals surface area contributed by atoms with Crippen LogP contribution in [0.3, 0.4) is 0 Å². The smallest absolute Gasteiger partial charge is 0.129 e. The van der Waals surface area contributed by atoms with Crippen molar-refractivity contribution in [2.45, 2.75) is 26.4 Å². The number of nitrogen functional groups attached to an aromatic ring is 1. The van der Waals surface area contributed by atoms with Gasteiger partial charge in [-0.15, -0.1) is 0 Å². The van der Waals surface area contributed by atoms with Crippen molar-refractivity contribution in [2.24, 2.45) is 11.3 Å². The highest BCUT2D eigenvalue weighted by Crippen LogP contribution is 2.58. The zero-order valence-corrected chi connectivity index (χ0v) is 9.62. The fourth-order valence-corrected chi connectivity index (χ4v) is 2.13. The third-order valence-electron chi connectivity index (χ3n) is 3.21. The van der Waals surface area contributed by atoms with Crippen molar-refractivity contribution in [3.05, 3.63) is 22.8 Å². The first-order valence-electron chi connectivity index (χ1n) is 5.01. The van der Waals surface area contributed by atoms with Crippen molar-refractivity contribution in [3.63, 3.8) is 0 Å². The van der Waals surface area contributed by atoms with E-state index >= 15 is 0 Å². The number of nitrogens with two attached hydrogens (primary N) is 1. The molecule has 0 spiro atoms. The molecule has 2 rings (SSSR count). The Labute approximate surface area is 94.3 Å². The van der Waals surface area contributed by atoms with E-state index in [1.807, 2.05) is 0 Å². The number of anilines is 1. The first-order chi connectivity index (χ1) is 6.92. The minimum absolute atomic E-state index is 0.203. The van der Waals surface area contributed by atoms with E-state index < -0.39 is 6.10 Å². The summed E-state index contributed by atoms with van der Waals surface area (Å²) in [5.41, 5.74) is 6.57. The minimum Gasteiger partial charge on any atom is -0.388 e. The molecule has 0 amide bonds. The summed E-state index contributed by atoms with van der Waals surface area (Å²) in [6, 6.07) is 1.70. The number of nitrogens with zero attached hydrogens (tertiary/aromatic N) is 1. The maximum atomic E-state index is 10.1. The first kappa shape index (κ1) is 10.7. The maximum Gasteiger partial charge on any atom is 0.129 e. The highest BCUT2D eigenvalue weighted by Gasteiger charge is 2.50. The van der Waals surface area contributed by atoms with E-state index in [9.17, 15) is 5.11 Å². The Hall–Kier alpha value is -0.800. The van der Waals surface area contributed by atoms with Gasteiger partial charge in [0.1, 0.15) is 5.82 Å². The van der Waals surface area contributed by atoms with Crippen LogP contribution < -0.4 is 5.73 Å². The molecule has 1 heterocycles. The predicted molar refractivity (Wildman–Crippen MR) is 60.5 cm³/mol. The Balaban J connectivity index is 2.26. The zero-order valence-electron chi connectivity index (χ0n) is 8.87. The molecule has 2 unspecified atom stereocenters. The number of hydrogen-bond donors (Lipinski definition) is 2. The van der Waals surface area contributed by atoms with Crippen LogP contribution in [0.25, 0.3) is 0 Å². The standard InChI is InChI=1S/C11H15ClN2O/c1-11(2)4-8(11)9(15)7-3-6(12)5-14-10(7)13/h3,5,8-9,15H,4H2,1-2H3,(H2,13,14). The summed E-state index contributed by atoms with van der Waals surface area (Å²) in [5.74, 6) is 0.634. The van der Waals surface area contributed by atoms with E-state index in [2.05, 4.69) is 18.8 Å². The molecular weight excluding hydrogens is 212 g/mol. The highest BCUT2D eigenvalue weighted by atomic mass is 35.5. The lowest BCUT2D eigenvalue weighted by molar-refractivity contribution is 0.139. The van der Waals surface area contributed by atoms with Crippen LogP contribution in [0.4, 0.5) is 5.82 Å². The molecule has 2 atom stereocenters. The molecule has 1 saturated carbocycles. The van der Waals surface area contributed by atoms with Crippen LogP contribution in [0.5, 0.6) is 0 Å². The molecule has 0 bridgehead atoms.